The zero-order valence-corrected chi connectivity index (χ0v) is 16.3. The Labute approximate surface area is 173 Å². The van der Waals surface area contributed by atoms with Gasteiger partial charge in [-0.05, 0) is 29.1 Å². The Balaban J connectivity index is 1.82. The average Bonchev–Trinajstić information content (AvgIpc) is 2.76. The molecule has 154 valence electrons. The molecule has 3 rings (SSSR count). The number of amides is 2. The molecule has 0 unspecified atom stereocenters. The first kappa shape index (κ1) is 20.9. The number of phenolic OH excluding ortho intramolecular Hbond substituents is 1. The number of phenols is 1. The molecule has 7 heteroatoms. The average molecular weight is 406 g/mol. The van der Waals surface area contributed by atoms with E-state index in [2.05, 4.69) is 5.32 Å². The summed E-state index contributed by atoms with van der Waals surface area (Å²) in [7, 11) is 0. The second-order valence-electron chi connectivity index (χ2n) is 6.76. The van der Waals surface area contributed by atoms with Crippen LogP contribution in [0.3, 0.4) is 0 Å². The van der Waals surface area contributed by atoms with E-state index in [1.165, 1.54) is 23.7 Å². The molecule has 0 fully saturated rings. The lowest BCUT2D eigenvalue weighted by Crippen LogP contribution is -2.22. The molecular formula is C23H22N2O5. The van der Waals surface area contributed by atoms with Crippen molar-refractivity contribution in [2.45, 2.75) is 13.0 Å². The lowest BCUT2D eigenvalue weighted by molar-refractivity contribution is -0.124. The van der Waals surface area contributed by atoms with Crippen molar-refractivity contribution in [2.75, 3.05) is 5.32 Å². The summed E-state index contributed by atoms with van der Waals surface area (Å²) in [4.78, 5) is 24.0. The number of hydroxylamine groups is 1. The van der Waals surface area contributed by atoms with Crippen LogP contribution in [0, 0.1) is 5.92 Å². The Morgan fingerprint density at radius 2 is 1.70 bits per heavy atom. The molecule has 3 aromatic rings. The maximum absolute atomic E-state index is 12.7. The highest BCUT2D eigenvalue weighted by Gasteiger charge is 2.23. The summed E-state index contributed by atoms with van der Waals surface area (Å²) in [6.45, 7) is 1.77. The van der Waals surface area contributed by atoms with E-state index in [1.54, 1.807) is 25.1 Å². The summed E-state index contributed by atoms with van der Waals surface area (Å²) < 4.78 is 5.68. The molecule has 0 saturated heterocycles. The van der Waals surface area contributed by atoms with Crippen LogP contribution in [0.5, 0.6) is 5.75 Å². The number of carbonyl (C=O) groups is 2. The van der Waals surface area contributed by atoms with Crippen LogP contribution in [0.25, 0.3) is 10.8 Å². The minimum absolute atomic E-state index is 0.0839. The highest BCUT2D eigenvalue weighted by Crippen LogP contribution is 2.30. The normalized spacial score (nSPS) is 13.0. The highest BCUT2D eigenvalue weighted by atomic mass is 16.6. The third-order valence-electron chi connectivity index (χ3n) is 4.62. The van der Waals surface area contributed by atoms with Gasteiger partial charge in [-0.1, -0.05) is 61.5 Å². The number of benzene rings is 3. The predicted octanol–water partition coefficient (Wildman–Crippen LogP) is 4.53. The van der Waals surface area contributed by atoms with Crippen molar-refractivity contribution in [1.82, 2.24) is 5.48 Å². The van der Waals surface area contributed by atoms with Crippen LogP contribution in [-0.4, -0.2) is 22.3 Å². The number of anilines is 1. The third-order valence-corrected chi connectivity index (χ3v) is 4.62. The first-order valence-corrected chi connectivity index (χ1v) is 9.34. The molecule has 3 aromatic carbocycles. The summed E-state index contributed by atoms with van der Waals surface area (Å²) in [5.74, 6) is -1.00. The molecule has 0 aliphatic rings. The van der Waals surface area contributed by atoms with Gasteiger partial charge in [0.05, 0.1) is 5.69 Å². The van der Waals surface area contributed by atoms with Gasteiger partial charge in [-0.3, -0.25) is 15.3 Å². The monoisotopic (exact) mass is 406 g/mol. The standard InChI is InChI=1S/C23H22N2O5/c1-15(9-14-21(27)25-29)22(17-10-12-18(26)13-11-17)30-23(28)24-20-8-4-6-16-5-2-3-7-19(16)20/h2-15,22,26,29H,1H3,(H,24,28)(H,25,27)/b14-9+/t15-,22-/m0/s1. The van der Waals surface area contributed by atoms with E-state index in [-0.39, 0.29) is 5.75 Å². The Morgan fingerprint density at radius 3 is 2.43 bits per heavy atom. The Hall–Kier alpha value is -3.84. The van der Waals surface area contributed by atoms with E-state index in [9.17, 15) is 14.7 Å². The van der Waals surface area contributed by atoms with Crippen LogP contribution < -0.4 is 10.8 Å². The molecule has 0 radical (unpaired) electrons. The number of nitrogens with one attached hydrogen (secondary N) is 2. The zero-order chi connectivity index (χ0) is 21.5. The summed E-state index contributed by atoms with van der Waals surface area (Å²) in [5, 5.41) is 22.8. The molecule has 2 amide bonds. The first-order chi connectivity index (χ1) is 14.5. The van der Waals surface area contributed by atoms with Crippen LogP contribution in [-0.2, 0) is 9.53 Å². The first-order valence-electron chi connectivity index (χ1n) is 9.34. The molecule has 0 spiro atoms. The number of ether oxygens (including phenoxy) is 1. The zero-order valence-electron chi connectivity index (χ0n) is 16.3. The van der Waals surface area contributed by atoms with Gasteiger partial charge in [0.1, 0.15) is 11.9 Å². The van der Waals surface area contributed by atoms with Crippen molar-refractivity contribution in [1.29, 1.82) is 0 Å². The fourth-order valence-corrected chi connectivity index (χ4v) is 3.11. The third kappa shape index (κ3) is 5.15. The predicted molar refractivity (Wildman–Crippen MR) is 113 cm³/mol. The molecule has 0 saturated carbocycles. The van der Waals surface area contributed by atoms with E-state index in [0.717, 1.165) is 16.8 Å². The fourth-order valence-electron chi connectivity index (χ4n) is 3.11. The number of aromatic hydroxyl groups is 1. The topological polar surface area (TPSA) is 108 Å². The van der Waals surface area contributed by atoms with Gasteiger partial charge in [0.15, 0.2) is 0 Å². The summed E-state index contributed by atoms with van der Waals surface area (Å²) in [5.41, 5.74) is 2.78. The second kappa shape index (κ2) is 9.58. The molecule has 30 heavy (non-hydrogen) atoms. The molecule has 2 atom stereocenters. The van der Waals surface area contributed by atoms with Crippen molar-refractivity contribution in [3.05, 3.63) is 84.4 Å². The number of carbonyl (C=O) groups excluding carboxylic acids is 2. The van der Waals surface area contributed by atoms with Crippen molar-refractivity contribution in [3.8, 4) is 5.75 Å². The number of rotatable bonds is 6. The Bertz CT molecular complexity index is 1060. The minimum Gasteiger partial charge on any atom is -0.508 e. The molecule has 0 bridgehead atoms. The Morgan fingerprint density at radius 1 is 1.00 bits per heavy atom. The lowest BCUT2D eigenvalue weighted by atomic mass is 9.96. The van der Waals surface area contributed by atoms with Crippen molar-refractivity contribution in [3.63, 3.8) is 0 Å². The molecule has 0 aliphatic carbocycles. The van der Waals surface area contributed by atoms with Crippen LogP contribution in [0.4, 0.5) is 10.5 Å². The van der Waals surface area contributed by atoms with Gasteiger partial charge in [-0.25, -0.2) is 10.3 Å². The van der Waals surface area contributed by atoms with Crippen molar-refractivity contribution < 1.29 is 24.6 Å². The van der Waals surface area contributed by atoms with Crippen LogP contribution in [0.1, 0.15) is 18.6 Å². The van der Waals surface area contributed by atoms with Crippen LogP contribution in [0.15, 0.2) is 78.9 Å². The van der Waals surface area contributed by atoms with Crippen LogP contribution in [0.2, 0.25) is 0 Å². The van der Waals surface area contributed by atoms with E-state index in [0.29, 0.717) is 11.3 Å². The van der Waals surface area contributed by atoms with Crippen molar-refractivity contribution in [2.24, 2.45) is 5.92 Å². The lowest BCUT2D eigenvalue weighted by Gasteiger charge is -2.23. The summed E-state index contributed by atoms with van der Waals surface area (Å²) in [6, 6.07) is 19.5. The number of fused-ring (bicyclic) bond motifs is 1. The van der Waals surface area contributed by atoms with Gasteiger partial charge in [0.25, 0.3) is 5.91 Å². The van der Waals surface area contributed by atoms with Gasteiger partial charge >= 0.3 is 6.09 Å². The van der Waals surface area contributed by atoms with Gasteiger partial charge in [-0.15, -0.1) is 0 Å². The SMILES string of the molecule is C[C@@H](/C=C/C(=O)NO)[C@H](OC(=O)Nc1cccc2ccccc12)c1ccc(O)cc1. The van der Waals surface area contributed by atoms with Gasteiger partial charge in [-0.2, -0.15) is 0 Å². The largest absolute Gasteiger partial charge is 0.508 e. The maximum atomic E-state index is 12.7. The fraction of sp³-hybridized carbons (Fsp3) is 0.130. The summed E-state index contributed by atoms with van der Waals surface area (Å²) >= 11 is 0. The quantitative estimate of drug-likeness (QED) is 0.273. The molecule has 0 aliphatic heterocycles. The summed E-state index contributed by atoms with van der Waals surface area (Å²) in [6.07, 6.45) is 1.29. The van der Waals surface area contributed by atoms with E-state index in [4.69, 9.17) is 9.94 Å². The van der Waals surface area contributed by atoms with Gasteiger partial charge in [0, 0.05) is 17.4 Å². The second-order valence-corrected chi connectivity index (χ2v) is 6.76. The Kier molecular flexibility index (Phi) is 6.67. The van der Waals surface area contributed by atoms with E-state index in [1.807, 2.05) is 36.4 Å². The number of hydrogen-bond acceptors (Lipinski definition) is 5. The van der Waals surface area contributed by atoms with Gasteiger partial charge < -0.3 is 9.84 Å². The highest BCUT2D eigenvalue weighted by molar-refractivity contribution is 6.00. The molecule has 4 N–H and O–H groups in total. The molecule has 0 aromatic heterocycles. The van der Waals surface area contributed by atoms with Crippen molar-refractivity contribution >= 4 is 28.5 Å². The van der Waals surface area contributed by atoms with Gasteiger partial charge in [0.2, 0.25) is 0 Å². The van der Waals surface area contributed by atoms with Crippen LogP contribution >= 0.6 is 0 Å². The van der Waals surface area contributed by atoms with E-state index >= 15 is 0 Å². The maximum Gasteiger partial charge on any atom is 0.412 e. The minimum atomic E-state index is -0.733. The molecule has 7 nitrogen and oxygen atoms in total. The molecular weight excluding hydrogens is 384 g/mol. The van der Waals surface area contributed by atoms with E-state index < -0.39 is 24.0 Å². The smallest absolute Gasteiger partial charge is 0.412 e. The molecule has 0 heterocycles. The number of hydrogen-bond donors (Lipinski definition) is 4.